The second-order valence-corrected chi connectivity index (χ2v) is 12.2. The van der Waals surface area contributed by atoms with Gasteiger partial charge in [-0.2, -0.15) is 0 Å². The van der Waals surface area contributed by atoms with Crippen molar-refractivity contribution in [1.29, 1.82) is 0 Å². The van der Waals surface area contributed by atoms with Gasteiger partial charge in [0.25, 0.3) is 5.91 Å². The van der Waals surface area contributed by atoms with Crippen LogP contribution in [0.4, 0.5) is 10.1 Å². The molecule has 2 N–H and O–H groups in total. The first-order valence-electron chi connectivity index (χ1n) is 16.1. The van der Waals surface area contributed by atoms with Gasteiger partial charge >= 0.3 is 0 Å². The highest BCUT2D eigenvalue weighted by Gasteiger charge is 2.24. The number of hydrogen-bond acceptors (Lipinski definition) is 5. The number of anilines is 1. The summed E-state index contributed by atoms with van der Waals surface area (Å²) >= 11 is 0. The minimum absolute atomic E-state index is 0.0617. The lowest BCUT2D eigenvalue weighted by Crippen LogP contribution is -2.38. The van der Waals surface area contributed by atoms with Crippen LogP contribution in [0.15, 0.2) is 54.4 Å². The van der Waals surface area contributed by atoms with Gasteiger partial charge in [0.2, 0.25) is 0 Å². The van der Waals surface area contributed by atoms with Crippen LogP contribution in [0.3, 0.4) is 0 Å². The number of nitrogens with two attached hydrogens (primary N) is 1. The summed E-state index contributed by atoms with van der Waals surface area (Å²) < 4.78 is 14.9. The Morgan fingerprint density at radius 2 is 1.93 bits per heavy atom. The SMILES string of the molecule is CC\C=C/C(=C\C=C\F)CCN(C)CCN(CC)C(=O)c1c(C)n(CCCN2CCN(C)CC(C)C2)c2ccc(N)cc12. The molecule has 2 heterocycles. The van der Waals surface area contributed by atoms with Crippen molar-refractivity contribution in [3.63, 3.8) is 0 Å². The fraction of sp³-hybridized carbons (Fsp3) is 0.571. The van der Waals surface area contributed by atoms with E-state index in [4.69, 9.17) is 5.73 Å². The predicted octanol–water partition coefficient (Wildman–Crippen LogP) is 5.97. The molecule has 0 saturated carbocycles. The number of nitrogen functional groups attached to an aromatic ring is 1. The van der Waals surface area contributed by atoms with Crippen LogP contribution in [0.1, 0.15) is 56.1 Å². The number of benzene rings is 1. The molecule has 8 heteroatoms. The molecule has 1 amide bonds. The third-order valence-electron chi connectivity index (χ3n) is 8.56. The van der Waals surface area contributed by atoms with Gasteiger partial charge in [0.05, 0.1) is 11.9 Å². The first-order chi connectivity index (χ1) is 20.7. The fourth-order valence-electron chi connectivity index (χ4n) is 6.17. The van der Waals surface area contributed by atoms with E-state index in [9.17, 15) is 9.18 Å². The lowest BCUT2D eigenvalue weighted by Gasteiger charge is -2.25. The molecule has 1 aliphatic heterocycles. The molecule has 3 rings (SSSR count). The standard InChI is InChI=1S/C35H55FN6O/c1-7-9-12-30(13-10-17-36)16-20-38(5)22-24-41(8-2)35(43)34-29(4)42(33-15-14-31(37)25-32(33)34)19-11-18-40-23-21-39(6)26-28(3)27-40/h9-10,12-15,17,25,28H,7-8,11,16,18-24,26-27,37H2,1-6H3/b12-9-,17-10+,30-13+. The van der Waals surface area contributed by atoms with Crippen LogP contribution in [0.5, 0.6) is 0 Å². The average molecular weight is 595 g/mol. The lowest BCUT2D eigenvalue weighted by atomic mass is 10.1. The number of carbonyl (C=O) groups excluding carboxylic acids is 1. The van der Waals surface area contributed by atoms with E-state index in [2.05, 4.69) is 72.4 Å². The van der Waals surface area contributed by atoms with Crippen LogP contribution < -0.4 is 5.73 Å². The van der Waals surface area contributed by atoms with Crippen molar-refractivity contribution in [2.75, 3.05) is 78.7 Å². The topological polar surface area (TPSA) is 61.0 Å². The van der Waals surface area contributed by atoms with Crippen LogP contribution >= 0.6 is 0 Å². The van der Waals surface area contributed by atoms with Crippen LogP contribution in [-0.4, -0.2) is 103 Å². The van der Waals surface area contributed by atoms with Crippen molar-refractivity contribution in [3.05, 3.63) is 65.7 Å². The number of likely N-dealkylation sites (N-methyl/N-ethyl adjacent to an activating group) is 3. The number of halogens is 1. The molecule has 238 valence electrons. The minimum atomic E-state index is 0.0617. The Morgan fingerprint density at radius 3 is 2.65 bits per heavy atom. The van der Waals surface area contributed by atoms with E-state index in [1.165, 1.54) is 6.08 Å². The second-order valence-electron chi connectivity index (χ2n) is 12.2. The van der Waals surface area contributed by atoms with Crippen molar-refractivity contribution in [2.24, 2.45) is 5.92 Å². The Labute approximate surface area is 259 Å². The first kappa shape index (κ1) is 34.5. The predicted molar refractivity (Wildman–Crippen MR) is 180 cm³/mol. The summed E-state index contributed by atoms with van der Waals surface area (Å²) in [7, 11) is 4.29. The Hall–Kier alpha value is -2.94. The zero-order valence-electron chi connectivity index (χ0n) is 27.5. The van der Waals surface area contributed by atoms with E-state index in [1.807, 2.05) is 30.0 Å². The monoisotopic (exact) mass is 594 g/mol. The van der Waals surface area contributed by atoms with Crippen LogP contribution in [0.25, 0.3) is 10.9 Å². The molecule has 0 aliphatic carbocycles. The Morgan fingerprint density at radius 1 is 1.14 bits per heavy atom. The smallest absolute Gasteiger partial charge is 0.256 e. The van der Waals surface area contributed by atoms with Gasteiger partial charge in [-0.3, -0.25) is 4.79 Å². The molecule has 1 fully saturated rings. The van der Waals surface area contributed by atoms with Gasteiger partial charge in [0.1, 0.15) is 0 Å². The zero-order chi connectivity index (χ0) is 31.4. The number of hydrogen-bond donors (Lipinski definition) is 1. The van der Waals surface area contributed by atoms with E-state index in [-0.39, 0.29) is 5.91 Å². The van der Waals surface area contributed by atoms with Crippen LogP contribution in [-0.2, 0) is 6.54 Å². The minimum Gasteiger partial charge on any atom is -0.399 e. The molecule has 7 nitrogen and oxygen atoms in total. The molecule has 1 aromatic heterocycles. The summed E-state index contributed by atoms with van der Waals surface area (Å²) in [6, 6.07) is 5.97. The lowest BCUT2D eigenvalue weighted by molar-refractivity contribution is 0.0751. The number of amides is 1. The van der Waals surface area contributed by atoms with Gasteiger partial charge in [0, 0.05) is 81.2 Å². The molecule has 1 atom stereocenters. The molecule has 0 radical (unpaired) electrons. The number of aromatic nitrogens is 1. The largest absolute Gasteiger partial charge is 0.399 e. The summed E-state index contributed by atoms with van der Waals surface area (Å²) in [6.07, 6.45) is 10.8. The summed E-state index contributed by atoms with van der Waals surface area (Å²) in [4.78, 5) is 23.3. The molecule has 1 aromatic carbocycles. The van der Waals surface area contributed by atoms with Crippen molar-refractivity contribution >= 4 is 22.5 Å². The van der Waals surface area contributed by atoms with E-state index in [0.717, 1.165) is 99.4 Å². The number of fused-ring (bicyclic) bond motifs is 1. The van der Waals surface area contributed by atoms with Crippen LogP contribution in [0.2, 0.25) is 0 Å². The molecule has 1 saturated heterocycles. The first-order valence-corrected chi connectivity index (χ1v) is 16.1. The third kappa shape index (κ3) is 10.1. The highest BCUT2D eigenvalue weighted by molar-refractivity contribution is 6.09. The molecule has 2 aromatic rings. The molecular weight excluding hydrogens is 539 g/mol. The summed E-state index contributed by atoms with van der Waals surface area (Å²) in [6.45, 7) is 17.8. The Bertz CT molecular complexity index is 1260. The van der Waals surface area contributed by atoms with Gasteiger partial charge in [-0.05, 0) is 89.5 Å². The third-order valence-corrected chi connectivity index (χ3v) is 8.56. The van der Waals surface area contributed by atoms with Crippen molar-refractivity contribution in [2.45, 2.75) is 53.5 Å². The molecule has 1 unspecified atom stereocenters. The van der Waals surface area contributed by atoms with Gasteiger partial charge in [-0.25, -0.2) is 4.39 Å². The van der Waals surface area contributed by atoms with E-state index in [1.54, 1.807) is 0 Å². The quantitative estimate of drug-likeness (QED) is 0.204. The maximum absolute atomic E-state index is 14.1. The van der Waals surface area contributed by atoms with Gasteiger partial charge < -0.3 is 29.9 Å². The van der Waals surface area contributed by atoms with Crippen molar-refractivity contribution in [3.8, 4) is 0 Å². The molecule has 1 aliphatic rings. The number of aryl methyl sites for hydroxylation is 1. The summed E-state index contributed by atoms with van der Waals surface area (Å²) in [5, 5.41) is 0.942. The Balaban J connectivity index is 1.70. The van der Waals surface area contributed by atoms with Crippen molar-refractivity contribution in [1.82, 2.24) is 24.2 Å². The van der Waals surface area contributed by atoms with E-state index >= 15 is 0 Å². The summed E-state index contributed by atoms with van der Waals surface area (Å²) in [5.74, 6) is 0.731. The molecule has 0 bridgehead atoms. The normalized spacial score (nSPS) is 17.6. The molecular formula is C35H55FN6O. The van der Waals surface area contributed by atoms with E-state index in [0.29, 0.717) is 31.0 Å². The molecule has 43 heavy (non-hydrogen) atoms. The maximum atomic E-state index is 14.1. The zero-order valence-corrected chi connectivity index (χ0v) is 27.5. The highest BCUT2D eigenvalue weighted by atomic mass is 19.1. The van der Waals surface area contributed by atoms with Gasteiger partial charge in [0.15, 0.2) is 0 Å². The fourth-order valence-corrected chi connectivity index (χ4v) is 6.17. The van der Waals surface area contributed by atoms with Gasteiger partial charge in [-0.1, -0.05) is 32.1 Å². The van der Waals surface area contributed by atoms with Gasteiger partial charge in [-0.15, -0.1) is 0 Å². The number of nitrogens with zero attached hydrogens (tertiary/aromatic N) is 5. The van der Waals surface area contributed by atoms with Crippen molar-refractivity contribution < 1.29 is 9.18 Å². The van der Waals surface area contributed by atoms with E-state index < -0.39 is 0 Å². The highest BCUT2D eigenvalue weighted by Crippen LogP contribution is 2.29. The van der Waals surface area contributed by atoms with Crippen LogP contribution in [0, 0.1) is 12.8 Å². The maximum Gasteiger partial charge on any atom is 0.256 e. The average Bonchev–Trinajstić information content (AvgIpc) is 3.13. The summed E-state index contributed by atoms with van der Waals surface area (Å²) in [5.41, 5.74) is 10.8. The molecule has 0 spiro atoms. The Kier molecular flexibility index (Phi) is 14.0. The number of carbonyl (C=O) groups is 1. The number of allylic oxidation sites excluding steroid dienone is 4. The second kappa shape index (κ2) is 17.4. The number of rotatable bonds is 15.